The average molecular weight is 247 g/mol. The number of nitrogens with zero attached hydrogens (tertiary/aromatic N) is 1. The minimum absolute atomic E-state index is 0.0176. The summed E-state index contributed by atoms with van der Waals surface area (Å²) in [6, 6.07) is 2.23. The third kappa shape index (κ3) is 2.44. The van der Waals surface area contributed by atoms with Crippen LogP contribution in [0.3, 0.4) is 0 Å². The maximum Gasteiger partial charge on any atom is 0.262 e. The van der Waals surface area contributed by atoms with Gasteiger partial charge in [0, 0.05) is 18.0 Å². The van der Waals surface area contributed by atoms with Crippen molar-refractivity contribution in [3.63, 3.8) is 0 Å². The van der Waals surface area contributed by atoms with E-state index in [0.29, 0.717) is 6.54 Å². The molecule has 1 fully saturated rings. The second kappa shape index (κ2) is 4.29. The summed E-state index contributed by atoms with van der Waals surface area (Å²) in [6.07, 6.45) is -0.457. The first-order valence-corrected chi connectivity index (χ1v) is 5.50. The van der Waals surface area contributed by atoms with Crippen molar-refractivity contribution in [2.24, 2.45) is 0 Å². The zero-order chi connectivity index (χ0) is 12.6. The van der Waals surface area contributed by atoms with E-state index in [-0.39, 0.29) is 5.56 Å². The number of hydrogen-bond donors (Lipinski definition) is 0. The Kier molecular flexibility index (Phi) is 3.12. The summed E-state index contributed by atoms with van der Waals surface area (Å²) in [6.45, 7) is 1.71. The molecule has 0 N–H and O–H groups in total. The summed E-state index contributed by atoms with van der Waals surface area (Å²) < 4.78 is 53.2. The van der Waals surface area contributed by atoms with E-state index >= 15 is 0 Å². The summed E-state index contributed by atoms with van der Waals surface area (Å²) in [7, 11) is 0. The molecule has 1 aromatic carbocycles. The highest BCUT2D eigenvalue weighted by molar-refractivity contribution is 5.24. The number of hydrogen-bond acceptors (Lipinski definition) is 1. The van der Waals surface area contributed by atoms with Crippen LogP contribution in [-0.2, 0) is 0 Å². The molecule has 1 aromatic rings. The van der Waals surface area contributed by atoms with Crippen molar-refractivity contribution in [3.05, 3.63) is 35.4 Å². The van der Waals surface area contributed by atoms with Gasteiger partial charge < -0.3 is 0 Å². The number of benzene rings is 1. The Labute approximate surface area is 97.0 Å². The zero-order valence-corrected chi connectivity index (χ0v) is 9.39. The Morgan fingerprint density at radius 3 is 2.71 bits per heavy atom. The second-order valence-corrected chi connectivity index (χ2v) is 4.30. The molecule has 2 rings (SSSR count). The molecule has 94 valence electrons. The van der Waals surface area contributed by atoms with Gasteiger partial charge in [0.25, 0.3) is 5.92 Å². The molecule has 0 amide bonds. The maximum absolute atomic E-state index is 13.5. The fraction of sp³-hybridized carbons (Fsp3) is 0.500. The SMILES string of the molecule is CCN1CC(F)(F)CC1c1cc(F)ccc1F. The van der Waals surface area contributed by atoms with Crippen LogP contribution in [-0.4, -0.2) is 23.9 Å². The van der Waals surface area contributed by atoms with E-state index in [1.165, 1.54) is 4.90 Å². The van der Waals surface area contributed by atoms with Gasteiger partial charge in [0.2, 0.25) is 0 Å². The molecule has 0 saturated carbocycles. The lowest BCUT2D eigenvalue weighted by atomic mass is 10.0. The highest BCUT2D eigenvalue weighted by Crippen LogP contribution is 2.41. The van der Waals surface area contributed by atoms with Crippen LogP contribution < -0.4 is 0 Å². The van der Waals surface area contributed by atoms with E-state index in [1.807, 2.05) is 0 Å². The molecule has 0 bridgehead atoms. The molecule has 0 aliphatic carbocycles. The predicted octanol–water partition coefficient (Wildman–Crippen LogP) is 3.37. The topological polar surface area (TPSA) is 3.24 Å². The normalized spacial score (nSPS) is 24.2. The van der Waals surface area contributed by atoms with Crippen molar-refractivity contribution in [3.8, 4) is 0 Å². The highest BCUT2D eigenvalue weighted by atomic mass is 19.3. The van der Waals surface area contributed by atoms with Crippen molar-refractivity contribution in [1.29, 1.82) is 0 Å². The summed E-state index contributed by atoms with van der Waals surface area (Å²) in [5.74, 6) is -4.07. The van der Waals surface area contributed by atoms with Crippen LogP contribution in [0.2, 0.25) is 0 Å². The lowest BCUT2D eigenvalue weighted by Crippen LogP contribution is -2.26. The lowest BCUT2D eigenvalue weighted by Gasteiger charge is -2.22. The van der Waals surface area contributed by atoms with Crippen LogP contribution in [0.1, 0.15) is 24.9 Å². The van der Waals surface area contributed by atoms with E-state index in [1.54, 1.807) is 6.92 Å². The first-order chi connectivity index (χ1) is 7.93. The smallest absolute Gasteiger partial charge is 0.262 e. The van der Waals surface area contributed by atoms with Gasteiger partial charge in [-0.25, -0.2) is 17.6 Å². The van der Waals surface area contributed by atoms with Crippen molar-refractivity contribution in [1.82, 2.24) is 4.90 Å². The van der Waals surface area contributed by atoms with Crippen molar-refractivity contribution in [2.45, 2.75) is 25.3 Å². The molecule has 0 spiro atoms. The van der Waals surface area contributed by atoms with Crippen LogP contribution in [0.5, 0.6) is 0 Å². The van der Waals surface area contributed by atoms with Crippen LogP contribution in [0.25, 0.3) is 0 Å². The molecule has 1 heterocycles. The fourth-order valence-electron chi connectivity index (χ4n) is 2.29. The average Bonchev–Trinajstić information content (AvgIpc) is 2.57. The lowest BCUT2D eigenvalue weighted by molar-refractivity contribution is 0.0124. The monoisotopic (exact) mass is 247 g/mol. The minimum atomic E-state index is -2.83. The summed E-state index contributed by atoms with van der Waals surface area (Å²) >= 11 is 0. The number of likely N-dealkylation sites (tertiary alicyclic amines) is 1. The van der Waals surface area contributed by atoms with Gasteiger partial charge in [0.1, 0.15) is 11.6 Å². The van der Waals surface area contributed by atoms with Gasteiger partial charge in [-0.1, -0.05) is 6.92 Å². The summed E-state index contributed by atoms with van der Waals surface area (Å²) in [5.41, 5.74) is 0.0176. The van der Waals surface area contributed by atoms with E-state index in [0.717, 1.165) is 18.2 Å². The van der Waals surface area contributed by atoms with E-state index in [9.17, 15) is 17.6 Å². The van der Waals surface area contributed by atoms with E-state index in [2.05, 4.69) is 0 Å². The first kappa shape index (κ1) is 12.4. The molecule has 0 radical (unpaired) electrons. The van der Waals surface area contributed by atoms with Gasteiger partial charge in [0.05, 0.1) is 6.54 Å². The third-order valence-corrected chi connectivity index (χ3v) is 3.09. The molecule has 17 heavy (non-hydrogen) atoms. The van der Waals surface area contributed by atoms with Crippen molar-refractivity contribution in [2.75, 3.05) is 13.1 Å². The van der Waals surface area contributed by atoms with Crippen LogP contribution >= 0.6 is 0 Å². The molecule has 1 unspecified atom stereocenters. The van der Waals surface area contributed by atoms with Crippen LogP contribution in [0.4, 0.5) is 17.6 Å². The molecule has 1 aliphatic rings. The third-order valence-electron chi connectivity index (χ3n) is 3.09. The van der Waals surface area contributed by atoms with E-state index in [4.69, 9.17) is 0 Å². The number of halogens is 4. The Hall–Kier alpha value is -1.10. The number of rotatable bonds is 2. The molecule has 1 aliphatic heterocycles. The van der Waals surface area contributed by atoms with Crippen molar-refractivity contribution < 1.29 is 17.6 Å². The molecular formula is C12H13F4N. The first-order valence-electron chi connectivity index (χ1n) is 5.50. The quantitative estimate of drug-likeness (QED) is 0.724. The van der Waals surface area contributed by atoms with Gasteiger partial charge >= 0.3 is 0 Å². The molecular weight excluding hydrogens is 234 g/mol. The van der Waals surface area contributed by atoms with Gasteiger partial charge in [-0.2, -0.15) is 0 Å². The molecule has 1 atom stereocenters. The van der Waals surface area contributed by atoms with Gasteiger partial charge in [-0.05, 0) is 24.7 Å². The maximum atomic E-state index is 13.5. The summed E-state index contributed by atoms with van der Waals surface area (Å²) in [4.78, 5) is 1.47. The predicted molar refractivity (Wildman–Crippen MR) is 55.9 cm³/mol. The Balaban J connectivity index is 2.35. The minimum Gasteiger partial charge on any atom is -0.290 e. The van der Waals surface area contributed by atoms with Crippen molar-refractivity contribution >= 4 is 0 Å². The summed E-state index contributed by atoms with van der Waals surface area (Å²) in [5, 5.41) is 0. The second-order valence-electron chi connectivity index (χ2n) is 4.30. The largest absolute Gasteiger partial charge is 0.290 e. The highest BCUT2D eigenvalue weighted by Gasteiger charge is 2.45. The molecule has 5 heteroatoms. The molecule has 1 saturated heterocycles. The van der Waals surface area contributed by atoms with E-state index < -0.39 is 36.6 Å². The Morgan fingerprint density at radius 2 is 2.06 bits per heavy atom. The Bertz CT molecular complexity index is 419. The van der Waals surface area contributed by atoms with Gasteiger partial charge in [-0.3, -0.25) is 4.90 Å². The van der Waals surface area contributed by atoms with Gasteiger partial charge in [-0.15, -0.1) is 0 Å². The Morgan fingerprint density at radius 1 is 1.35 bits per heavy atom. The fourth-order valence-corrected chi connectivity index (χ4v) is 2.29. The molecule has 1 nitrogen and oxygen atoms in total. The molecule has 0 aromatic heterocycles. The van der Waals surface area contributed by atoms with Gasteiger partial charge in [0.15, 0.2) is 0 Å². The number of alkyl halides is 2. The zero-order valence-electron chi connectivity index (χ0n) is 9.39. The van der Waals surface area contributed by atoms with Crippen LogP contribution in [0.15, 0.2) is 18.2 Å². The standard InChI is InChI=1S/C12H13F4N/c1-2-17-7-12(15,16)6-11(17)9-5-8(13)3-4-10(9)14/h3-5,11H,2,6-7H2,1H3. The van der Waals surface area contributed by atoms with Crippen LogP contribution in [0, 0.1) is 11.6 Å².